The Labute approximate surface area is 109 Å². The largest absolute Gasteiger partial charge is 0.411 e. The van der Waals surface area contributed by atoms with E-state index in [1.807, 2.05) is 13.8 Å². The molecule has 0 aliphatic carbocycles. The minimum Gasteiger partial charge on any atom is -0.411 e. The molecule has 0 saturated carbocycles. The summed E-state index contributed by atoms with van der Waals surface area (Å²) in [5.41, 5.74) is 0.832. The first-order valence-corrected chi connectivity index (χ1v) is 6.82. The maximum atomic E-state index is 12.0. The van der Waals surface area contributed by atoms with Crippen LogP contribution in [-0.2, 0) is 4.79 Å². The van der Waals surface area contributed by atoms with Gasteiger partial charge >= 0.3 is 0 Å². The molecule has 1 aliphatic heterocycles. The van der Waals surface area contributed by atoms with Gasteiger partial charge in [0.1, 0.15) is 0 Å². The lowest BCUT2D eigenvalue weighted by molar-refractivity contribution is -0.126. The Kier molecular flexibility index (Phi) is 6.12. The van der Waals surface area contributed by atoms with Crippen molar-refractivity contribution in [2.45, 2.75) is 58.5 Å². The minimum absolute atomic E-state index is 0.0975. The summed E-state index contributed by atoms with van der Waals surface area (Å²) >= 11 is 0. The predicted molar refractivity (Wildman–Crippen MR) is 72.0 cm³/mol. The number of hydrogen-bond donors (Lipinski definition) is 2. The van der Waals surface area contributed by atoms with Crippen molar-refractivity contribution in [3.8, 4) is 0 Å². The van der Waals surface area contributed by atoms with Crippen LogP contribution < -0.4 is 5.32 Å². The zero-order valence-electron chi connectivity index (χ0n) is 11.6. The molecule has 1 aliphatic rings. The molecular formula is C13H25N3O2. The fourth-order valence-electron chi connectivity index (χ4n) is 2.30. The second-order valence-electron chi connectivity index (χ2n) is 5.08. The first-order chi connectivity index (χ1) is 8.58. The van der Waals surface area contributed by atoms with Crippen LogP contribution in [0.1, 0.15) is 46.5 Å². The number of rotatable bonds is 5. The van der Waals surface area contributed by atoms with Crippen molar-refractivity contribution in [3.63, 3.8) is 0 Å². The predicted octanol–water partition coefficient (Wildman–Crippen LogP) is 1.61. The number of piperidine rings is 1. The zero-order chi connectivity index (χ0) is 13.5. The number of amides is 1. The summed E-state index contributed by atoms with van der Waals surface area (Å²) in [7, 11) is 0. The monoisotopic (exact) mass is 255 g/mol. The molecule has 0 aromatic rings. The van der Waals surface area contributed by atoms with Crippen LogP contribution in [-0.4, -0.2) is 46.9 Å². The summed E-state index contributed by atoms with van der Waals surface area (Å²) in [6, 6.07) is 0.133. The summed E-state index contributed by atoms with van der Waals surface area (Å²) in [6.07, 6.45) is 3.59. The van der Waals surface area contributed by atoms with E-state index in [2.05, 4.69) is 22.3 Å². The van der Waals surface area contributed by atoms with Crippen LogP contribution in [0.5, 0.6) is 0 Å². The molecule has 5 nitrogen and oxygen atoms in total. The summed E-state index contributed by atoms with van der Waals surface area (Å²) in [5.74, 6) is 0.0975. The molecule has 1 rings (SSSR count). The van der Waals surface area contributed by atoms with Crippen LogP contribution in [0.15, 0.2) is 5.16 Å². The molecule has 1 saturated heterocycles. The highest BCUT2D eigenvalue weighted by molar-refractivity contribution is 5.86. The molecule has 0 radical (unpaired) electrons. The van der Waals surface area contributed by atoms with Crippen molar-refractivity contribution in [2.75, 3.05) is 13.1 Å². The Bertz CT molecular complexity index is 295. The molecule has 0 spiro atoms. The molecule has 2 atom stereocenters. The number of likely N-dealkylation sites (tertiary alicyclic amines) is 1. The van der Waals surface area contributed by atoms with E-state index in [1.165, 1.54) is 0 Å². The van der Waals surface area contributed by atoms with E-state index in [0.29, 0.717) is 0 Å². The molecule has 1 heterocycles. The number of carbonyl (C=O) groups is 1. The molecule has 5 heteroatoms. The van der Waals surface area contributed by atoms with Gasteiger partial charge in [-0.2, -0.15) is 0 Å². The van der Waals surface area contributed by atoms with Crippen LogP contribution in [0.2, 0.25) is 0 Å². The Hall–Kier alpha value is -1.10. The van der Waals surface area contributed by atoms with E-state index in [1.54, 1.807) is 0 Å². The lowest BCUT2D eigenvalue weighted by Crippen LogP contribution is -2.50. The quantitative estimate of drug-likeness (QED) is 0.579. The van der Waals surface area contributed by atoms with E-state index >= 15 is 0 Å². The van der Waals surface area contributed by atoms with Crippen LogP contribution in [0, 0.1) is 0 Å². The van der Waals surface area contributed by atoms with Gasteiger partial charge in [-0.1, -0.05) is 18.5 Å². The van der Waals surface area contributed by atoms with Gasteiger partial charge in [-0.3, -0.25) is 9.69 Å². The molecule has 1 fully saturated rings. The average molecular weight is 255 g/mol. The maximum Gasteiger partial charge on any atom is 0.237 e. The van der Waals surface area contributed by atoms with Gasteiger partial charge in [0.15, 0.2) is 0 Å². The second-order valence-corrected chi connectivity index (χ2v) is 5.08. The minimum atomic E-state index is -0.107. The lowest BCUT2D eigenvalue weighted by atomic mass is 10.1. The van der Waals surface area contributed by atoms with Crippen LogP contribution in [0.4, 0.5) is 0 Å². The first kappa shape index (κ1) is 15.0. The van der Waals surface area contributed by atoms with Crippen molar-refractivity contribution < 1.29 is 10.0 Å². The average Bonchev–Trinajstić information content (AvgIpc) is 2.38. The van der Waals surface area contributed by atoms with Gasteiger partial charge in [-0.25, -0.2) is 0 Å². The van der Waals surface area contributed by atoms with E-state index < -0.39 is 0 Å². The van der Waals surface area contributed by atoms with Crippen molar-refractivity contribution in [1.29, 1.82) is 0 Å². The zero-order valence-corrected chi connectivity index (χ0v) is 11.6. The van der Waals surface area contributed by atoms with Gasteiger partial charge in [-0.05, 0) is 20.3 Å². The Morgan fingerprint density at radius 1 is 1.44 bits per heavy atom. The molecule has 0 aromatic carbocycles. The van der Waals surface area contributed by atoms with Gasteiger partial charge in [0.05, 0.1) is 11.8 Å². The van der Waals surface area contributed by atoms with E-state index in [0.717, 1.165) is 44.5 Å². The van der Waals surface area contributed by atoms with Crippen molar-refractivity contribution in [3.05, 3.63) is 0 Å². The number of nitrogens with one attached hydrogen (secondary N) is 1. The number of nitrogens with zero attached hydrogens (tertiary/aromatic N) is 2. The van der Waals surface area contributed by atoms with Crippen molar-refractivity contribution >= 4 is 11.6 Å². The van der Waals surface area contributed by atoms with Gasteiger partial charge in [-0.15, -0.1) is 0 Å². The van der Waals surface area contributed by atoms with E-state index in [-0.39, 0.29) is 18.0 Å². The van der Waals surface area contributed by atoms with Crippen molar-refractivity contribution in [2.24, 2.45) is 5.16 Å². The molecule has 0 aromatic heterocycles. The molecule has 104 valence electrons. The van der Waals surface area contributed by atoms with Crippen molar-refractivity contribution in [1.82, 2.24) is 10.2 Å². The molecule has 0 bridgehead atoms. The third-order valence-corrected chi connectivity index (χ3v) is 3.55. The summed E-state index contributed by atoms with van der Waals surface area (Å²) in [6.45, 7) is 7.68. The standard InChI is InChI=1S/C13H25N3O2/c1-4-5-10(2)14-13(17)11(3)16-8-6-12(15-18)7-9-16/h10-11,18H,4-9H2,1-3H3,(H,14,17). The fraction of sp³-hybridized carbons (Fsp3) is 0.846. The highest BCUT2D eigenvalue weighted by atomic mass is 16.4. The third kappa shape index (κ3) is 4.29. The van der Waals surface area contributed by atoms with Gasteiger partial charge in [0.25, 0.3) is 0 Å². The Balaban J connectivity index is 2.40. The highest BCUT2D eigenvalue weighted by Crippen LogP contribution is 2.11. The summed E-state index contributed by atoms with van der Waals surface area (Å²) in [5, 5.41) is 15.0. The lowest BCUT2D eigenvalue weighted by Gasteiger charge is -2.32. The smallest absolute Gasteiger partial charge is 0.237 e. The Morgan fingerprint density at radius 2 is 2.06 bits per heavy atom. The van der Waals surface area contributed by atoms with Gasteiger partial charge in [0, 0.05) is 32.0 Å². The molecule has 2 unspecified atom stereocenters. The van der Waals surface area contributed by atoms with Crippen LogP contribution >= 0.6 is 0 Å². The van der Waals surface area contributed by atoms with Crippen LogP contribution in [0.25, 0.3) is 0 Å². The summed E-state index contributed by atoms with van der Waals surface area (Å²) < 4.78 is 0. The molecular weight excluding hydrogens is 230 g/mol. The van der Waals surface area contributed by atoms with E-state index in [4.69, 9.17) is 5.21 Å². The summed E-state index contributed by atoms with van der Waals surface area (Å²) in [4.78, 5) is 14.2. The Morgan fingerprint density at radius 3 is 2.56 bits per heavy atom. The normalized spacial score (nSPS) is 20.3. The molecule has 2 N–H and O–H groups in total. The first-order valence-electron chi connectivity index (χ1n) is 6.82. The third-order valence-electron chi connectivity index (χ3n) is 3.55. The van der Waals surface area contributed by atoms with Gasteiger partial charge < -0.3 is 10.5 Å². The number of oxime groups is 1. The number of hydrogen-bond acceptors (Lipinski definition) is 4. The highest BCUT2D eigenvalue weighted by Gasteiger charge is 2.25. The van der Waals surface area contributed by atoms with Gasteiger partial charge in [0.2, 0.25) is 5.91 Å². The van der Waals surface area contributed by atoms with E-state index in [9.17, 15) is 4.79 Å². The van der Waals surface area contributed by atoms with Crippen LogP contribution in [0.3, 0.4) is 0 Å². The molecule has 18 heavy (non-hydrogen) atoms. The fourth-order valence-corrected chi connectivity index (χ4v) is 2.30. The second kappa shape index (κ2) is 7.36. The SMILES string of the molecule is CCCC(C)NC(=O)C(C)N1CCC(=NO)CC1. The maximum absolute atomic E-state index is 12.0. The molecule has 1 amide bonds. The number of carbonyl (C=O) groups excluding carboxylic acids is 1. The topological polar surface area (TPSA) is 64.9 Å².